The van der Waals surface area contributed by atoms with Crippen molar-refractivity contribution in [3.8, 4) is 0 Å². The SMILES string of the molecule is CC(C)(O)c1ncn([C@@H]2O[C@H](CO)C(O)C2O)n1. The lowest BCUT2D eigenvalue weighted by Gasteiger charge is -2.15. The molecule has 0 aromatic carbocycles. The third kappa shape index (κ3) is 2.25. The highest BCUT2D eigenvalue weighted by Gasteiger charge is 2.44. The first-order valence-electron chi connectivity index (χ1n) is 5.61. The van der Waals surface area contributed by atoms with Crippen LogP contribution in [0.4, 0.5) is 0 Å². The molecular formula is C10H17N3O5. The van der Waals surface area contributed by atoms with Crippen molar-refractivity contribution >= 4 is 0 Å². The molecule has 0 aliphatic carbocycles. The van der Waals surface area contributed by atoms with Crippen LogP contribution in [0.3, 0.4) is 0 Å². The van der Waals surface area contributed by atoms with Gasteiger partial charge in [0.15, 0.2) is 12.1 Å². The molecule has 18 heavy (non-hydrogen) atoms. The van der Waals surface area contributed by atoms with Crippen LogP contribution in [0.15, 0.2) is 6.33 Å². The van der Waals surface area contributed by atoms with Crippen molar-refractivity contribution in [1.82, 2.24) is 14.8 Å². The van der Waals surface area contributed by atoms with E-state index in [1.54, 1.807) is 0 Å². The summed E-state index contributed by atoms with van der Waals surface area (Å²) in [4.78, 5) is 3.91. The number of hydrogen-bond acceptors (Lipinski definition) is 7. The van der Waals surface area contributed by atoms with Crippen molar-refractivity contribution in [2.24, 2.45) is 0 Å². The van der Waals surface area contributed by atoms with Crippen molar-refractivity contribution in [2.45, 2.75) is 44.0 Å². The maximum absolute atomic E-state index is 9.79. The van der Waals surface area contributed by atoms with Crippen LogP contribution in [0.25, 0.3) is 0 Å². The molecule has 1 aliphatic heterocycles. The molecule has 8 nitrogen and oxygen atoms in total. The number of hydrogen-bond donors (Lipinski definition) is 4. The third-order valence-corrected chi connectivity index (χ3v) is 2.83. The standard InChI is InChI=1S/C10H17N3O5/c1-10(2,17)9-11-4-13(12-9)8-7(16)6(15)5(3-14)18-8/h4-8,14-17H,3H2,1-2H3/t5-,6?,7?,8-/m1/s1. The van der Waals surface area contributed by atoms with Gasteiger partial charge in [0, 0.05) is 0 Å². The summed E-state index contributed by atoms with van der Waals surface area (Å²) in [7, 11) is 0. The van der Waals surface area contributed by atoms with Crippen LogP contribution >= 0.6 is 0 Å². The second-order valence-corrected chi connectivity index (χ2v) is 4.84. The lowest BCUT2D eigenvalue weighted by molar-refractivity contribution is -0.0595. The highest BCUT2D eigenvalue weighted by atomic mass is 16.6. The molecule has 4 N–H and O–H groups in total. The van der Waals surface area contributed by atoms with E-state index in [4.69, 9.17) is 9.84 Å². The van der Waals surface area contributed by atoms with Crippen LogP contribution in [0.5, 0.6) is 0 Å². The molecule has 1 aromatic rings. The first-order chi connectivity index (χ1) is 8.34. The van der Waals surface area contributed by atoms with Gasteiger partial charge in [-0.3, -0.25) is 0 Å². The Kier molecular flexibility index (Phi) is 3.39. The predicted octanol–water partition coefficient (Wildman–Crippen LogP) is -1.88. The van der Waals surface area contributed by atoms with Crippen molar-refractivity contribution in [3.05, 3.63) is 12.2 Å². The number of rotatable bonds is 3. The molecule has 102 valence electrons. The zero-order valence-corrected chi connectivity index (χ0v) is 10.1. The molecule has 4 atom stereocenters. The van der Waals surface area contributed by atoms with Crippen molar-refractivity contribution in [1.29, 1.82) is 0 Å². The average molecular weight is 259 g/mol. The molecule has 1 saturated heterocycles. The molecule has 0 radical (unpaired) electrons. The Balaban J connectivity index is 2.20. The molecule has 0 amide bonds. The number of aromatic nitrogens is 3. The van der Waals surface area contributed by atoms with Gasteiger partial charge in [-0.2, -0.15) is 5.10 Å². The van der Waals surface area contributed by atoms with Crippen LogP contribution in [0.1, 0.15) is 25.9 Å². The summed E-state index contributed by atoms with van der Waals surface area (Å²) in [5.41, 5.74) is -1.20. The van der Waals surface area contributed by atoms with E-state index >= 15 is 0 Å². The Morgan fingerprint density at radius 1 is 1.39 bits per heavy atom. The van der Waals surface area contributed by atoms with E-state index in [2.05, 4.69) is 10.1 Å². The molecule has 1 aromatic heterocycles. The fourth-order valence-corrected chi connectivity index (χ4v) is 1.78. The molecular weight excluding hydrogens is 242 g/mol. The maximum atomic E-state index is 9.79. The summed E-state index contributed by atoms with van der Waals surface area (Å²) < 4.78 is 6.50. The summed E-state index contributed by atoms with van der Waals surface area (Å²) in [6.07, 6.45) is -2.89. The third-order valence-electron chi connectivity index (χ3n) is 2.83. The van der Waals surface area contributed by atoms with Gasteiger partial charge < -0.3 is 25.2 Å². The van der Waals surface area contributed by atoms with Gasteiger partial charge in [0.2, 0.25) is 0 Å². The Bertz CT molecular complexity index is 416. The molecule has 8 heteroatoms. The van der Waals surface area contributed by atoms with Gasteiger partial charge >= 0.3 is 0 Å². The fourth-order valence-electron chi connectivity index (χ4n) is 1.78. The Hall–Kier alpha value is -1.06. The Morgan fingerprint density at radius 3 is 2.50 bits per heavy atom. The quantitative estimate of drug-likeness (QED) is 0.501. The highest BCUT2D eigenvalue weighted by Crippen LogP contribution is 2.29. The summed E-state index contributed by atoms with van der Waals surface area (Å²) >= 11 is 0. The van der Waals surface area contributed by atoms with Crippen molar-refractivity contribution in [2.75, 3.05) is 6.61 Å². The summed E-state index contributed by atoms with van der Waals surface area (Å²) in [6, 6.07) is 0. The molecule has 0 spiro atoms. The highest BCUT2D eigenvalue weighted by molar-refractivity contribution is 4.96. The van der Waals surface area contributed by atoms with E-state index in [9.17, 15) is 15.3 Å². The second kappa shape index (κ2) is 4.56. The number of aliphatic hydroxyl groups is 4. The van der Waals surface area contributed by atoms with E-state index in [0.29, 0.717) is 0 Å². The van der Waals surface area contributed by atoms with Gasteiger partial charge in [-0.15, -0.1) is 0 Å². The van der Waals surface area contributed by atoms with E-state index in [1.807, 2.05) is 0 Å². The maximum Gasteiger partial charge on any atom is 0.181 e. The molecule has 0 bridgehead atoms. The summed E-state index contributed by atoms with van der Waals surface area (Å²) in [5.74, 6) is 0.181. The topological polar surface area (TPSA) is 121 Å². The van der Waals surface area contributed by atoms with Gasteiger partial charge in [0.25, 0.3) is 0 Å². The van der Waals surface area contributed by atoms with Crippen LogP contribution in [-0.2, 0) is 10.3 Å². The number of nitrogens with zero attached hydrogens (tertiary/aromatic N) is 3. The largest absolute Gasteiger partial charge is 0.394 e. The van der Waals surface area contributed by atoms with Crippen LogP contribution < -0.4 is 0 Å². The van der Waals surface area contributed by atoms with Gasteiger partial charge in [-0.05, 0) is 13.8 Å². The lowest BCUT2D eigenvalue weighted by atomic mass is 10.1. The normalized spacial score (nSPS) is 33.0. The predicted molar refractivity (Wildman–Crippen MR) is 58.3 cm³/mol. The smallest absolute Gasteiger partial charge is 0.181 e. The molecule has 2 heterocycles. The first kappa shape index (κ1) is 13.4. The summed E-state index contributed by atoms with van der Waals surface area (Å²) in [5, 5.41) is 42.1. The van der Waals surface area contributed by atoms with Crippen molar-refractivity contribution in [3.63, 3.8) is 0 Å². The zero-order chi connectivity index (χ0) is 13.5. The Labute approximate surface area is 103 Å². The van der Waals surface area contributed by atoms with Gasteiger partial charge in [0.05, 0.1) is 6.61 Å². The van der Waals surface area contributed by atoms with Gasteiger partial charge in [-0.25, -0.2) is 9.67 Å². The Morgan fingerprint density at radius 2 is 2.06 bits per heavy atom. The van der Waals surface area contributed by atoms with E-state index in [0.717, 1.165) is 0 Å². The van der Waals surface area contributed by atoms with Gasteiger partial charge in [0.1, 0.15) is 30.2 Å². The van der Waals surface area contributed by atoms with Crippen molar-refractivity contribution < 1.29 is 25.2 Å². The number of ether oxygens (including phenoxy) is 1. The monoisotopic (exact) mass is 259 g/mol. The minimum Gasteiger partial charge on any atom is -0.394 e. The summed E-state index contributed by atoms with van der Waals surface area (Å²) in [6.45, 7) is 2.66. The van der Waals surface area contributed by atoms with Gasteiger partial charge in [-0.1, -0.05) is 0 Å². The molecule has 1 aliphatic rings. The molecule has 1 fully saturated rings. The van der Waals surface area contributed by atoms with E-state index in [1.165, 1.54) is 24.9 Å². The average Bonchev–Trinajstić information content (AvgIpc) is 2.86. The molecule has 0 saturated carbocycles. The van der Waals surface area contributed by atoms with E-state index < -0.39 is 36.7 Å². The minimum absolute atomic E-state index is 0.181. The second-order valence-electron chi connectivity index (χ2n) is 4.84. The van der Waals surface area contributed by atoms with E-state index in [-0.39, 0.29) is 5.82 Å². The lowest BCUT2D eigenvalue weighted by Crippen LogP contribution is -2.33. The first-order valence-corrected chi connectivity index (χ1v) is 5.61. The fraction of sp³-hybridized carbons (Fsp3) is 0.800. The number of aliphatic hydroxyl groups excluding tert-OH is 3. The molecule has 2 rings (SSSR count). The molecule has 2 unspecified atom stereocenters. The van der Waals surface area contributed by atoms with Crippen LogP contribution in [0, 0.1) is 0 Å². The van der Waals surface area contributed by atoms with Crippen LogP contribution in [-0.4, -0.2) is 60.1 Å². The zero-order valence-electron chi connectivity index (χ0n) is 10.1. The van der Waals surface area contributed by atoms with Crippen LogP contribution in [0.2, 0.25) is 0 Å². The minimum atomic E-state index is -1.21.